The van der Waals surface area contributed by atoms with E-state index in [1.807, 2.05) is 0 Å². The molecule has 4 heteroatoms. The summed E-state index contributed by atoms with van der Waals surface area (Å²) in [6.07, 6.45) is 13.0. The highest BCUT2D eigenvalue weighted by atomic mass is 16.2. The normalized spacial score (nSPS) is 31.2. The topological polar surface area (TPSA) is 49.4 Å². The molecule has 1 saturated heterocycles. The van der Waals surface area contributed by atoms with Crippen LogP contribution in [0.1, 0.15) is 64.2 Å². The molecule has 4 nitrogen and oxygen atoms in total. The molecule has 0 radical (unpaired) electrons. The van der Waals surface area contributed by atoms with Gasteiger partial charge < -0.3 is 10.2 Å². The number of hydrogen-bond acceptors (Lipinski definition) is 2. The van der Waals surface area contributed by atoms with Gasteiger partial charge >= 0.3 is 0 Å². The first-order valence-electron chi connectivity index (χ1n) is 9.47. The molecule has 3 aliphatic carbocycles. The van der Waals surface area contributed by atoms with Crippen LogP contribution < -0.4 is 5.32 Å². The van der Waals surface area contributed by atoms with Gasteiger partial charge in [0.2, 0.25) is 11.8 Å². The maximum atomic E-state index is 12.5. The van der Waals surface area contributed by atoms with Gasteiger partial charge in [0.25, 0.3) is 0 Å². The minimum Gasteiger partial charge on any atom is -0.355 e. The van der Waals surface area contributed by atoms with Crippen molar-refractivity contribution in [2.45, 2.75) is 64.2 Å². The molecule has 4 rings (SSSR count). The molecular formula is C19H28N2O2. The zero-order chi connectivity index (χ0) is 15.9. The van der Waals surface area contributed by atoms with Crippen molar-refractivity contribution in [3.8, 4) is 0 Å². The van der Waals surface area contributed by atoms with Crippen LogP contribution in [0.15, 0.2) is 11.8 Å². The van der Waals surface area contributed by atoms with E-state index in [2.05, 4.69) is 16.3 Å². The highest BCUT2D eigenvalue weighted by Crippen LogP contribution is 2.47. The number of carbonyl (C=O) groups is 2. The van der Waals surface area contributed by atoms with Crippen LogP contribution in [0.3, 0.4) is 0 Å². The Morgan fingerprint density at radius 3 is 2.74 bits per heavy atom. The van der Waals surface area contributed by atoms with Gasteiger partial charge in [-0.15, -0.1) is 0 Å². The van der Waals surface area contributed by atoms with Gasteiger partial charge in [-0.05, 0) is 57.3 Å². The van der Waals surface area contributed by atoms with Crippen LogP contribution in [0, 0.1) is 17.3 Å². The highest BCUT2D eigenvalue weighted by Gasteiger charge is 2.45. The quantitative estimate of drug-likeness (QED) is 0.847. The summed E-state index contributed by atoms with van der Waals surface area (Å²) in [7, 11) is 0. The average molecular weight is 316 g/mol. The first-order chi connectivity index (χ1) is 11.2. The van der Waals surface area contributed by atoms with Crippen molar-refractivity contribution < 1.29 is 9.59 Å². The van der Waals surface area contributed by atoms with Crippen molar-refractivity contribution in [2.24, 2.45) is 17.3 Å². The Hall–Kier alpha value is -1.32. The molecular weight excluding hydrogens is 288 g/mol. The second-order valence-electron chi connectivity index (χ2n) is 8.06. The second-order valence-corrected chi connectivity index (χ2v) is 8.06. The second kappa shape index (κ2) is 5.95. The summed E-state index contributed by atoms with van der Waals surface area (Å²) < 4.78 is 0. The number of allylic oxidation sites excluding steroid dienone is 1. The maximum Gasteiger partial charge on any atom is 0.226 e. The van der Waals surface area contributed by atoms with Crippen molar-refractivity contribution in [3.05, 3.63) is 11.8 Å². The molecule has 0 bridgehead atoms. The van der Waals surface area contributed by atoms with Crippen molar-refractivity contribution in [1.82, 2.24) is 10.2 Å². The van der Waals surface area contributed by atoms with Crippen molar-refractivity contribution in [3.63, 3.8) is 0 Å². The lowest BCUT2D eigenvalue weighted by Gasteiger charge is -2.47. The van der Waals surface area contributed by atoms with E-state index in [1.165, 1.54) is 31.4 Å². The fourth-order valence-electron chi connectivity index (χ4n) is 4.39. The summed E-state index contributed by atoms with van der Waals surface area (Å²) >= 11 is 0. The minimum absolute atomic E-state index is 0.0143. The first-order valence-corrected chi connectivity index (χ1v) is 9.47. The number of fused-ring (bicyclic) bond motifs is 1. The molecule has 23 heavy (non-hydrogen) atoms. The molecule has 3 fully saturated rings. The van der Waals surface area contributed by atoms with Crippen LogP contribution in [0.4, 0.5) is 0 Å². The molecule has 0 aromatic rings. The van der Waals surface area contributed by atoms with Gasteiger partial charge in [0, 0.05) is 36.5 Å². The zero-order valence-corrected chi connectivity index (χ0v) is 14.0. The summed E-state index contributed by atoms with van der Waals surface area (Å²) in [4.78, 5) is 26.8. The number of piperidine rings is 1. The van der Waals surface area contributed by atoms with Crippen LogP contribution in [-0.2, 0) is 9.59 Å². The Morgan fingerprint density at radius 1 is 1.22 bits per heavy atom. The Labute approximate surface area is 138 Å². The van der Waals surface area contributed by atoms with Crippen LogP contribution in [-0.4, -0.2) is 29.8 Å². The zero-order valence-electron chi connectivity index (χ0n) is 14.0. The van der Waals surface area contributed by atoms with Gasteiger partial charge in [-0.2, -0.15) is 0 Å². The lowest BCUT2D eigenvalue weighted by Crippen LogP contribution is -2.51. The molecule has 4 aliphatic rings. The largest absolute Gasteiger partial charge is 0.355 e. The predicted octanol–water partition coefficient (Wildman–Crippen LogP) is 2.99. The number of nitrogens with zero attached hydrogens (tertiary/aromatic N) is 1. The molecule has 0 aromatic heterocycles. The van der Waals surface area contributed by atoms with E-state index >= 15 is 0 Å². The Balaban J connectivity index is 1.49. The molecule has 2 amide bonds. The molecule has 0 aromatic carbocycles. The van der Waals surface area contributed by atoms with Crippen molar-refractivity contribution in [1.29, 1.82) is 0 Å². The number of hydrogen-bond donors (Lipinski definition) is 1. The van der Waals surface area contributed by atoms with Crippen LogP contribution >= 0.6 is 0 Å². The first kappa shape index (κ1) is 15.2. The average Bonchev–Trinajstić information content (AvgIpc) is 3.31. The Kier molecular flexibility index (Phi) is 3.94. The monoisotopic (exact) mass is 316 g/mol. The number of likely N-dealkylation sites (tertiary alicyclic amines) is 1. The van der Waals surface area contributed by atoms with Gasteiger partial charge in [-0.1, -0.05) is 12.5 Å². The molecule has 1 aliphatic heterocycles. The standard InChI is InChI=1S/C19H28N2O2/c22-17-9-11-19(13-20-18(23)15-4-3-5-15)10-2-1-6-16(19)21(17)12-14-7-8-14/h6,14-15H,1-5,7-13H2,(H,20,23). The smallest absolute Gasteiger partial charge is 0.226 e. The molecule has 0 spiro atoms. The van der Waals surface area contributed by atoms with E-state index in [-0.39, 0.29) is 17.2 Å². The van der Waals surface area contributed by atoms with Gasteiger partial charge in [-0.25, -0.2) is 0 Å². The third-order valence-corrected chi connectivity index (χ3v) is 6.36. The van der Waals surface area contributed by atoms with E-state index in [1.54, 1.807) is 0 Å². The van der Waals surface area contributed by atoms with E-state index in [0.717, 1.165) is 45.2 Å². The third-order valence-electron chi connectivity index (χ3n) is 6.36. The van der Waals surface area contributed by atoms with Crippen LogP contribution in [0.5, 0.6) is 0 Å². The summed E-state index contributed by atoms with van der Waals surface area (Å²) in [6, 6.07) is 0. The number of amides is 2. The Morgan fingerprint density at radius 2 is 2.04 bits per heavy atom. The highest BCUT2D eigenvalue weighted by molar-refractivity contribution is 5.81. The van der Waals surface area contributed by atoms with Crippen LogP contribution in [0.25, 0.3) is 0 Å². The third kappa shape index (κ3) is 2.92. The van der Waals surface area contributed by atoms with Crippen molar-refractivity contribution >= 4 is 11.8 Å². The summed E-state index contributed by atoms with van der Waals surface area (Å²) in [5.74, 6) is 1.49. The SMILES string of the molecule is O=C(NCC12CCCC=C1N(CC1CC1)C(=O)CC2)C1CCC1. The van der Waals surface area contributed by atoms with E-state index in [9.17, 15) is 9.59 Å². The fraction of sp³-hybridized carbons (Fsp3) is 0.789. The summed E-state index contributed by atoms with van der Waals surface area (Å²) in [5, 5.41) is 3.23. The molecule has 126 valence electrons. The fourth-order valence-corrected chi connectivity index (χ4v) is 4.39. The van der Waals surface area contributed by atoms with Gasteiger partial charge in [0.05, 0.1) is 0 Å². The number of nitrogens with one attached hydrogen (secondary N) is 1. The lowest BCUT2D eigenvalue weighted by molar-refractivity contribution is -0.134. The van der Waals surface area contributed by atoms with E-state index < -0.39 is 0 Å². The van der Waals surface area contributed by atoms with E-state index in [4.69, 9.17) is 0 Å². The number of rotatable bonds is 5. The molecule has 1 unspecified atom stereocenters. The van der Waals surface area contributed by atoms with Gasteiger partial charge in [-0.3, -0.25) is 9.59 Å². The van der Waals surface area contributed by atoms with Crippen molar-refractivity contribution in [2.75, 3.05) is 13.1 Å². The summed E-state index contributed by atoms with van der Waals surface area (Å²) in [5.41, 5.74) is 1.25. The summed E-state index contributed by atoms with van der Waals surface area (Å²) in [6.45, 7) is 1.63. The molecule has 1 N–H and O–H groups in total. The molecule has 1 atom stereocenters. The Bertz CT molecular complexity index is 533. The van der Waals surface area contributed by atoms with Gasteiger partial charge in [0.1, 0.15) is 0 Å². The van der Waals surface area contributed by atoms with Gasteiger partial charge in [0.15, 0.2) is 0 Å². The predicted molar refractivity (Wildman–Crippen MR) is 88.4 cm³/mol. The minimum atomic E-state index is 0.0143. The maximum absolute atomic E-state index is 12.5. The lowest BCUT2D eigenvalue weighted by atomic mass is 9.69. The molecule has 1 heterocycles. The number of carbonyl (C=O) groups excluding carboxylic acids is 2. The van der Waals surface area contributed by atoms with E-state index in [0.29, 0.717) is 18.2 Å². The van der Waals surface area contributed by atoms with Crippen LogP contribution in [0.2, 0.25) is 0 Å². The molecule has 2 saturated carbocycles.